The van der Waals surface area contributed by atoms with Gasteiger partial charge in [-0.3, -0.25) is 4.79 Å². The number of benzene rings is 1. The lowest BCUT2D eigenvalue weighted by Gasteiger charge is -2.13. The molecule has 0 aliphatic rings. The number of rotatable bonds is 4. The third-order valence-electron chi connectivity index (χ3n) is 2.78. The monoisotopic (exact) mass is 283 g/mol. The molecule has 0 amide bonds. The van der Waals surface area contributed by atoms with Crippen molar-refractivity contribution in [1.29, 1.82) is 0 Å². The average molecular weight is 283 g/mol. The highest BCUT2D eigenvalue weighted by molar-refractivity contribution is 5.95. The maximum atomic E-state index is 12.7. The van der Waals surface area contributed by atoms with Gasteiger partial charge < -0.3 is 9.30 Å². The zero-order valence-electron chi connectivity index (χ0n) is 10.6. The number of aromatic nitrogens is 1. The van der Waals surface area contributed by atoms with Gasteiger partial charge >= 0.3 is 6.18 Å². The molecule has 0 saturated carbocycles. The summed E-state index contributed by atoms with van der Waals surface area (Å²) >= 11 is 0. The van der Waals surface area contributed by atoms with E-state index in [1.165, 1.54) is 18.2 Å². The number of carbonyl (C=O) groups is 1. The van der Waals surface area contributed by atoms with Gasteiger partial charge in [0.15, 0.2) is 6.61 Å². The van der Waals surface area contributed by atoms with Gasteiger partial charge in [0.05, 0.1) is 11.3 Å². The molecule has 3 nitrogen and oxygen atoms in total. The molecule has 0 saturated heterocycles. The van der Waals surface area contributed by atoms with E-state index >= 15 is 0 Å². The molecule has 0 atom stereocenters. The zero-order chi connectivity index (χ0) is 14.8. The Balaban J connectivity index is 2.12. The molecule has 20 heavy (non-hydrogen) atoms. The molecule has 0 unspecified atom stereocenters. The van der Waals surface area contributed by atoms with Crippen molar-refractivity contribution < 1.29 is 22.7 Å². The van der Waals surface area contributed by atoms with Crippen LogP contribution >= 0.6 is 0 Å². The first-order valence-electron chi connectivity index (χ1n) is 5.83. The number of ketones is 1. The molecule has 6 heteroatoms. The van der Waals surface area contributed by atoms with Crippen LogP contribution in [0.4, 0.5) is 13.2 Å². The predicted molar refractivity (Wildman–Crippen MR) is 66.7 cm³/mol. The van der Waals surface area contributed by atoms with Crippen LogP contribution in [0, 0.1) is 0 Å². The fourth-order valence-electron chi connectivity index (χ4n) is 1.79. The molecule has 1 aromatic heterocycles. The van der Waals surface area contributed by atoms with Gasteiger partial charge in [-0.05, 0) is 24.3 Å². The van der Waals surface area contributed by atoms with Crippen LogP contribution < -0.4 is 4.74 Å². The van der Waals surface area contributed by atoms with Gasteiger partial charge in [0, 0.05) is 13.2 Å². The number of para-hydroxylation sites is 1. The molecule has 0 N–H and O–H groups in total. The van der Waals surface area contributed by atoms with E-state index in [0.29, 0.717) is 5.69 Å². The number of aryl methyl sites for hydroxylation is 1. The van der Waals surface area contributed by atoms with Crippen molar-refractivity contribution in [1.82, 2.24) is 4.57 Å². The third kappa shape index (κ3) is 3.01. The number of Topliss-reactive ketones (excluding diaryl/α,β-unsaturated/α-hetero) is 1. The summed E-state index contributed by atoms with van der Waals surface area (Å²) in [5.74, 6) is -0.725. The van der Waals surface area contributed by atoms with E-state index in [-0.39, 0.29) is 11.5 Å². The maximum absolute atomic E-state index is 12.7. The highest BCUT2D eigenvalue weighted by Gasteiger charge is 2.34. The SMILES string of the molecule is Cn1cccc1C(=O)COc1ccccc1C(F)(F)F. The average Bonchev–Trinajstić information content (AvgIpc) is 2.81. The first-order valence-corrected chi connectivity index (χ1v) is 5.83. The molecular weight excluding hydrogens is 271 g/mol. The van der Waals surface area contributed by atoms with E-state index in [0.717, 1.165) is 6.07 Å². The smallest absolute Gasteiger partial charge is 0.419 e. The predicted octanol–water partition coefficient (Wildman–Crippen LogP) is 3.31. The van der Waals surface area contributed by atoms with E-state index < -0.39 is 18.3 Å². The van der Waals surface area contributed by atoms with Crippen molar-refractivity contribution >= 4 is 5.78 Å². The number of ether oxygens (including phenoxy) is 1. The van der Waals surface area contributed by atoms with Crippen molar-refractivity contribution in [2.24, 2.45) is 7.05 Å². The van der Waals surface area contributed by atoms with Gasteiger partial charge in [-0.1, -0.05) is 12.1 Å². The van der Waals surface area contributed by atoms with E-state index in [1.54, 1.807) is 29.9 Å². The highest BCUT2D eigenvalue weighted by atomic mass is 19.4. The molecule has 0 aliphatic carbocycles. The molecule has 2 rings (SSSR count). The van der Waals surface area contributed by atoms with Crippen LogP contribution in [0.25, 0.3) is 0 Å². The minimum Gasteiger partial charge on any atom is -0.485 e. The summed E-state index contributed by atoms with van der Waals surface area (Å²) in [6.07, 6.45) is -2.83. The number of alkyl halides is 3. The summed E-state index contributed by atoms with van der Waals surface area (Å²) in [5, 5.41) is 0. The highest BCUT2D eigenvalue weighted by Crippen LogP contribution is 2.35. The van der Waals surface area contributed by atoms with Crippen LogP contribution in [-0.2, 0) is 13.2 Å². The van der Waals surface area contributed by atoms with Crippen LogP contribution in [0.2, 0.25) is 0 Å². The lowest BCUT2D eigenvalue weighted by Crippen LogP contribution is -2.16. The Bertz CT molecular complexity index is 617. The summed E-state index contributed by atoms with van der Waals surface area (Å²) in [6.45, 7) is -0.440. The van der Waals surface area contributed by atoms with Gasteiger partial charge in [0.1, 0.15) is 5.75 Å². The van der Waals surface area contributed by atoms with Gasteiger partial charge in [0.25, 0.3) is 0 Å². The molecule has 0 aliphatic heterocycles. The minimum absolute atomic E-state index is 0.345. The van der Waals surface area contributed by atoms with E-state index in [1.807, 2.05) is 0 Å². The number of carbonyl (C=O) groups excluding carboxylic acids is 1. The summed E-state index contributed by atoms with van der Waals surface area (Å²) in [5.41, 5.74) is -0.505. The molecular formula is C14H12F3NO2. The maximum Gasteiger partial charge on any atom is 0.419 e. The second-order valence-electron chi connectivity index (χ2n) is 4.21. The van der Waals surface area contributed by atoms with Crippen LogP contribution in [0.5, 0.6) is 5.75 Å². The molecule has 0 spiro atoms. The van der Waals surface area contributed by atoms with Crippen LogP contribution in [-0.4, -0.2) is 17.0 Å². The summed E-state index contributed by atoms with van der Waals surface area (Å²) < 4.78 is 44.8. The Hall–Kier alpha value is -2.24. The molecule has 0 radical (unpaired) electrons. The normalized spacial score (nSPS) is 11.4. The molecule has 1 aromatic carbocycles. The Labute approximate surface area is 113 Å². The second kappa shape index (κ2) is 5.40. The minimum atomic E-state index is -4.51. The molecule has 0 fully saturated rings. The van der Waals surface area contributed by atoms with Crippen LogP contribution in [0.3, 0.4) is 0 Å². The number of hydrogen-bond donors (Lipinski definition) is 0. The van der Waals surface area contributed by atoms with E-state index in [4.69, 9.17) is 4.74 Å². The lowest BCUT2D eigenvalue weighted by atomic mass is 10.2. The van der Waals surface area contributed by atoms with Crippen molar-refractivity contribution in [2.75, 3.05) is 6.61 Å². The second-order valence-corrected chi connectivity index (χ2v) is 4.21. The number of nitrogens with zero attached hydrogens (tertiary/aromatic N) is 1. The summed E-state index contributed by atoms with van der Waals surface area (Å²) in [6, 6.07) is 8.08. The first-order chi connectivity index (χ1) is 9.39. The fourth-order valence-corrected chi connectivity index (χ4v) is 1.79. The summed E-state index contributed by atoms with van der Waals surface area (Å²) in [7, 11) is 1.68. The molecule has 2 aromatic rings. The quantitative estimate of drug-likeness (QED) is 0.806. The van der Waals surface area contributed by atoms with Gasteiger partial charge in [-0.2, -0.15) is 13.2 Å². The van der Waals surface area contributed by atoms with Crippen molar-refractivity contribution in [3.8, 4) is 5.75 Å². The van der Waals surface area contributed by atoms with E-state index in [9.17, 15) is 18.0 Å². The standard InChI is InChI=1S/C14H12F3NO2/c1-18-8-4-6-11(18)12(19)9-20-13-7-3-2-5-10(13)14(15,16)17/h2-8H,9H2,1H3. The Morgan fingerprint density at radius 3 is 2.50 bits per heavy atom. The fraction of sp³-hybridized carbons (Fsp3) is 0.214. The molecule has 0 bridgehead atoms. The Morgan fingerprint density at radius 1 is 1.20 bits per heavy atom. The Kier molecular flexibility index (Phi) is 3.83. The van der Waals surface area contributed by atoms with Gasteiger partial charge in [0.2, 0.25) is 5.78 Å². The van der Waals surface area contributed by atoms with Crippen molar-refractivity contribution in [3.05, 3.63) is 53.9 Å². The summed E-state index contributed by atoms with van der Waals surface area (Å²) in [4.78, 5) is 11.8. The molecule has 106 valence electrons. The first kappa shape index (κ1) is 14.2. The van der Waals surface area contributed by atoms with E-state index in [2.05, 4.69) is 0 Å². The van der Waals surface area contributed by atoms with Gasteiger partial charge in [-0.15, -0.1) is 0 Å². The topological polar surface area (TPSA) is 31.2 Å². The van der Waals surface area contributed by atoms with Crippen molar-refractivity contribution in [2.45, 2.75) is 6.18 Å². The van der Waals surface area contributed by atoms with Crippen LogP contribution in [0.1, 0.15) is 16.1 Å². The van der Waals surface area contributed by atoms with Crippen LogP contribution in [0.15, 0.2) is 42.6 Å². The largest absolute Gasteiger partial charge is 0.485 e. The number of halogens is 3. The molecule has 1 heterocycles. The lowest BCUT2D eigenvalue weighted by molar-refractivity contribution is -0.138. The zero-order valence-corrected chi connectivity index (χ0v) is 10.6. The van der Waals surface area contributed by atoms with Crippen molar-refractivity contribution in [3.63, 3.8) is 0 Å². The Morgan fingerprint density at radius 2 is 1.90 bits per heavy atom. The third-order valence-corrected chi connectivity index (χ3v) is 2.78. The van der Waals surface area contributed by atoms with Gasteiger partial charge in [-0.25, -0.2) is 0 Å². The number of hydrogen-bond acceptors (Lipinski definition) is 2.